The molecule has 21 heavy (non-hydrogen) atoms. The molecule has 1 saturated heterocycles. The van der Waals surface area contributed by atoms with Crippen molar-refractivity contribution in [1.82, 2.24) is 10.2 Å². The summed E-state index contributed by atoms with van der Waals surface area (Å²) in [6.45, 7) is 9.34. The van der Waals surface area contributed by atoms with Gasteiger partial charge >= 0.3 is 0 Å². The van der Waals surface area contributed by atoms with Crippen molar-refractivity contribution in [3.63, 3.8) is 0 Å². The van der Waals surface area contributed by atoms with E-state index in [-0.39, 0.29) is 0 Å². The van der Waals surface area contributed by atoms with Crippen LogP contribution in [0.2, 0.25) is 0 Å². The van der Waals surface area contributed by atoms with Gasteiger partial charge in [0.05, 0.1) is 7.11 Å². The van der Waals surface area contributed by atoms with Crippen molar-refractivity contribution >= 4 is 0 Å². The van der Waals surface area contributed by atoms with Crippen LogP contribution >= 0.6 is 0 Å². The van der Waals surface area contributed by atoms with E-state index in [1.165, 1.54) is 38.0 Å². The van der Waals surface area contributed by atoms with Gasteiger partial charge in [-0.2, -0.15) is 0 Å². The Morgan fingerprint density at radius 1 is 1.38 bits per heavy atom. The Hall–Kier alpha value is -1.06. The molecule has 0 aromatic heterocycles. The van der Waals surface area contributed by atoms with Crippen LogP contribution in [-0.4, -0.2) is 44.2 Å². The maximum absolute atomic E-state index is 5.41. The first kappa shape index (κ1) is 16.3. The molecule has 1 aromatic carbocycles. The van der Waals surface area contributed by atoms with E-state index >= 15 is 0 Å². The molecule has 0 radical (unpaired) electrons. The van der Waals surface area contributed by atoms with E-state index in [0.29, 0.717) is 6.04 Å². The molecule has 1 aromatic rings. The number of likely N-dealkylation sites (tertiary alicyclic amines) is 1. The fourth-order valence-corrected chi connectivity index (χ4v) is 3.30. The van der Waals surface area contributed by atoms with Crippen molar-refractivity contribution in [3.05, 3.63) is 29.8 Å². The number of hydrogen-bond acceptors (Lipinski definition) is 3. The standard InChI is InChI=1S/C18H30N2O/c1-4-20-13-7-9-17(14-20)15(2)19-12-11-16-8-5-6-10-18(16)21-3/h5-6,8,10,15,17,19H,4,7,9,11-14H2,1-3H3. The number of nitrogens with zero attached hydrogens (tertiary/aromatic N) is 1. The first-order chi connectivity index (χ1) is 10.2. The summed E-state index contributed by atoms with van der Waals surface area (Å²) in [5, 5.41) is 3.71. The fraction of sp³-hybridized carbons (Fsp3) is 0.667. The zero-order chi connectivity index (χ0) is 15.1. The number of methoxy groups -OCH3 is 1. The Labute approximate surface area is 129 Å². The summed E-state index contributed by atoms with van der Waals surface area (Å²) in [5.41, 5.74) is 1.29. The normalized spacial score (nSPS) is 21.2. The van der Waals surface area contributed by atoms with E-state index in [2.05, 4.69) is 36.2 Å². The molecule has 1 aliphatic rings. The third kappa shape index (κ3) is 4.72. The van der Waals surface area contributed by atoms with Crippen LogP contribution in [0, 0.1) is 5.92 Å². The highest BCUT2D eigenvalue weighted by atomic mass is 16.5. The maximum atomic E-state index is 5.41. The summed E-state index contributed by atoms with van der Waals surface area (Å²) in [6, 6.07) is 8.90. The predicted molar refractivity (Wildman–Crippen MR) is 89.0 cm³/mol. The molecule has 3 nitrogen and oxygen atoms in total. The molecule has 0 saturated carbocycles. The Bertz CT molecular complexity index is 421. The summed E-state index contributed by atoms with van der Waals surface area (Å²) in [7, 11) is 1.75. The minimum atomic E-state index is 0.592. The minimum absolute atomic E-state index is 0.592. The fourth-order valence-electron chi connectivity index (χ4n) is 3.30. The number of para-hydroxylation sites is 1. The highest BCUT2D eigenvalue weighted by Gasteiger charge is 2.23. The van der Waals surface area contributed by atoms with Gasteiger partial charge in [0.25, 0.3) is 0 Å². The lowest BCUT2D eigenvalue weighted by atomic mass is 9.91. The average molecular weight is 290 g/mol. The van der Waals surface area contributed by atoms with Gasteiger partial charge < -0.3 is 15.0 Å². The SMILES string of the molecule is CCN1CCCC(C(C)NCCc2ccccc2OC)C1. The third-order valence-corrected chi connectivity index (χ3v) is 4.75. The molecule has 0 amide bonds. The molecule has 0 spiro atoms. The molecule has 2 rings (SSSR count). The van der Waals surface area contributed by atoms with Crippen molar-refractivity contribution in [1.29, 1.82) is 0 Å². The number of piperidine rings is 1. The average Bonchev–Trinajstić information content (AvgIpc) is 2.55. The van der Waals surface area contributed by atoms with Gasteiger partial charge in [-0.05, 0) is 63.4 Å². The molecule has 1 aliphatic heterocycles. The topological polar surface area (TPSA) is 24.5 Å². The lowest BCUT2D eigenvalue weighted by molar-refractivity contribution is 0.157. The predicted octanol–water partition coefficient (Wildman–Crippen LogP) is 2.95. The molecule has 1 N–H and O–H groups in total. The summed E-state index contributed by atoms with van der Waals surface area (Å²) >= 11 is 0. The lowest BCUT2D eigenvalue weighted by Crippen LogP contribution is -2.44. The second-order valence-corrected chi connectivity index (χ2v) is 6.10. The van der Waals surface area contributed by atoms with E-state index in [0.717, 1.165) is 24.6 Å². The van der Waals surface area contributed by atoms with Crippen LogP contribution in [0.4, 0.5) is 0 Å². The van der Waals surface area contributed by atoms with E-state index in [9.17, 15) is 0 Å². The summed E-state index contributed by atoms with van der Waals surface area (Å²) in [5.74, 6) is 1.79. The second-order valence-electron chi connectivity index (χ2n) is 6.10. The van der Waals surface area contributed by atoms with E-state index in [1.54, 1.807) is 7.11 Å². The second kappa shape index (κ2) is 8.40. The highest BCUT2D eigenvalue weighted by Crippen LogP contribution is 2.20. The molecule has 2 unspecified atom stereocenters. The van der Waals surface area contributed by atoms with Crippen molar-refractivity contribution in [2.45, 2.75) is 39.2 Å². The van der Waals surface area contributed by atoms with Crippen LogP contribution in [0.3, 0.4) is 0 Å². The summed E-state index contributed by atoms with van der Waals surface area (Å²) < 4.78 is 5.41. The molecule has 0 aliphatic carbocycles. The maximum Gasteiger partial charge on any atom is 0.122 e. The quantitative estimate of drug-likeness (QED) is 0.835. The minimum Gasteiger partial charge on any atom is -0.496 e. The van der Waals surface area contributed by atoms with Gasteiger partial charge in [0.15, 0.2) is 0 Å². The Morgan fingerprint density at radius 3 is 2.95 bits per heavy atom. The lowest BCUT2D eigenvalue weighted by Gasteiger charge is -2.35. The number of ether oxygens (including phenoxy) is 1. The van der Waals surface area contributed by atoms with Crippen molar-refractivity contribution in [2.24, 2.45) is 5.92 Å². The van der Waals surface area contributed by atoms with Crippen LogP contribution in [0.15, 0.2) is 24.3 Å². The first-order valence-corrected chi connectivity index (χ1v) is 8.32. The zero-order valence-corrected chi connectivity index (χ0v) is 13.8. The molecule has 1 heterocycles. The van der Waals surface area contributed by atoms with Gasteiger partial charge in [-0.15, -0.1) is 0 Å². The summed E-state index contributed by atoms with van der Waals surface area (Å²) in [4.78, 5) is 2.58. The van der Waals surface area contributed by atoms with Crippen LogP contribution in [0.1, 0.15) is 32.3 Å². The molecule has 2 atom stereocenters. The smallest absolute Gasteiger partial charge is 0.122 e. The molecule has 1 fully saturated rings. The van der Waals surface area contributed by atoms with Crippen LogP contribution < -0.4 is 10.1 Å². The zero-order valence-electron chi connectivity index (χ0n) is 13.8. The number of rotatable bonds is 7. The molecular weight excluding hydrogens is 260 g/mol. The van der Waals surface area contributed by atoms with Gasteiger partial charge in [-0.3, -0.25) is 0 Å². The van der Waals surface area contributed by atoms with Gasteiger partial charge in [0, 0.05) is 12.6 Å². The Balaban J connectivity index is 1.77. The Kier molecular flexibility index (Phi) is 6.52. The highest BCUT2D eigenvalue weighted by molar-refractivity contribution is 5.33. The third-order valence-electron chi connectivity index (χ3n) is 4.75. The van der Waals surface area contributed by atoms with E-state index in [4.69, 9.17) is 4.74 Å². The number of nitrogens with one attached hydrogen (secondary N) is 1. The first-order valence-electron chi connectivity index (χ1n) is 8.32. The van der Waals surface area contributed by atoms with E-state index in [1.807, 2.05) is 12.1 Å². The molecule has 118 valence electrons. The van der Waals surface area contributed by atoms with Gasteiger partial charge in [0.1, 0.15) is 5.75 Å². The van der Waals surface area contributed by atoms with Crippen molar-refractivity contribution < 1.29 is 4.74 Å². The largest absolute Gasteiger partial charge is 0.496 e. The van der Waals surface area contributed by atoms with Crippen LogP contribution in [0.5, 0.6) is 5.75 Å². The van der Waals surface area contributed by atoms with Crippen molar-refractivity contribution in [3.8, 4) is 5.75 Å². The van der Waals surface area contributed by atoms with E-state index < -0.39 is 0 Å². The van der Waals surface area contributed by atoms with Gasteiger partial charge in [-0.25, -0.2) is 0 Å². The molecule has 3 heteroatoms. The Morgan fingerprint density at radius 2 is 2.19 bits per heavy atom. The van der Waals surface area contributed by atoms with Gasteiger partial charge in [-0.1, -0.05) is 25.1 Å². The summed E-state index contributed by atoms with van der Waals surface area (Å²) in [6.07, 6.45) is 3.73. The van der Waals surface area contributed by atoms with Crippen LogP contribution in [-0.2, 0) is 6.42 Å². The molecular formula is C18H30N2O. The monoisotopic (exact) mass is 290 g/mol. The van der Waals surface area contributed by atoms with Crippen LogP contribution in [0.25, 0.3) is 0 Å². The van der Waals surface area contributed by atoms with Gasteiger partial charge in [0.2, 0.25) is 0 Å². The van der Waals surface area contributed by atoms with Crippen molar-refractivity contribution in [2.75, 3.05) is 33.3 Å². The number of benzene rings is 1. The molecule has 0 bridgehead atoms. The number of hydrogen-bond donors (Lipinski definition) is 1.